The number of carbonyl (C=O) groups excluding carboxylic acids is 2. The Morgan fingerprint density at radius 1 is 0.930 bits per heavy atom. The minimum atomic E-state index is -1.06. The third-order valence-corrected chi connectivity index (χ3v) is 9.10. The van der Waals surface area contributed by atoms with Gasteiger partial charge in [-0.05, 0) is 65.7 Å². The number of thioether (sulfide) groups is 1. The lowest BCUT2D eigenvalue weighted by Gasteiger charge is -2.23. The molecular formula is C32H21ClFN3O4S2. The van der Waals surface area contributed by atoms with Crippen LogP contribution in [0.5, 0.6) is 11.5 Å². The molecule has 1 saturated heterocycles. The van der Waals surface area contributed by atoms with Crippen molar-refractivity contribution in [3.63, 3.8) is 0 Å². The molecule has 0 spiro atoms. The lowest BCUT2D eigenvalue weighted by molar-refractivity contribution is -0.132. The van der Waals surface area contributed by atoms with Crippen LogP contribution in [0.2, 0.25) is 5.02 Å². The van der Waals surface area contributed by atoms with Gasteiger partial charge in [0.05, 0.1) is 11.6 Å². The third kappa shape index (κ3) is 6.03. The molecule has 1 unspecified atom stereocenters. The second-order valence-corrected chi connectivity index (χ2v) is 12.0. The first kappa shape index (κ1) is 28.6. The zero-order valence-electron chi connectivity index (χ0n) is 22.2. The van der Waals surface area contributed by atoms with E-state index in [2.05, 4.69) is 10.2 Å². The van der Waals surface area contributed by atoms with Gasteiger partial charge in [-0.1, -0.05) is 83.2 Å². The van der Waals surface area contributed by atoms with Gasteiger partial charge in [-0.3, -0.25) is 14.5 Å². The van der Waals surface area contributed by atoms with Crippen molar-refractivity contribution in [3.05, 3.63) is 136 Å². The molecule has 0 bridgehead atoms. The monoisotopic (exact) mass is 629 g/mol. The molecular weight excluding hydrogens is 609 g/mol. The predicted octanol–water partition coefficient (Wildman–Crippen LogP) is 8.04. The first-order valence-electron chi connectivity index (χ1n) is 13.0. The molecule has 6 rings (SSSR count). The average Bonchev–Trinajstić information content (AvgIpc) is 3.59. The number of carbonyl (C=O) groups is 2. The number of Topliss-reactive ketones (excluding diaryl/α,β-unsaturated/α-hetero) is 1. The fourth-order valence-electron chi connectivity index (χ4n) is 4.59. The van der Waals surface area contributed by atoms with Gasteiger partial charge in [-0.15, -0.1) is 10.2 Å². The van der Waals surface area contributed by atoms with Crippen molar-refractivity contribution in [2.75, 3.05) is 4.90 Å². The first-order chi connectivity index (χ1) is 20.9. The number of hydrogen-bond acceptors (Lipinski definition) is 8. The molecule has 4 aromatic carbocycles. The number of aliphatic hydroxyl groups excluding tert-OH is 1. The van der Waals surface area contributed by atoms with Crippen molar-refractivity contribution in [1.82, 2.24) is 10.2 Å². The Labute approximate surface area is 259 Å². The molecule has 5 aromatic rings. The SMILES string of the molecule is O=C1C(=O)N(c2nnc(SCc3ccccc3Cl)s2)C(c2cccc(Oc3ccccc3)c2)/C1=C(/O)c1ccc(F)cc1. The van der Waals surface area contributed by atoms with E-state index in [1.165, 1.54) is 40.9 Å². The number of ether oxygens (including phenoxy) is 1. The van der Waals surface area contributed by atoms with Crippen LogP contribution in [0.4, 0.5) is 9.52 Å². The summed E-state index contributed by atoms with van der Waals surface area (Å²) in [6, 6.07) is 27.5. The Hall–Kier alpha value is -4.51. The number of amides is 1. The van der Waals surface area contributed by atoms with Crippen molar-refractivity contribution in [2.24, 2.45) is 0 Å². The van der Waals surface area contributed by atoms with Crippen LogP contribution < -0.4 is 9.64 Å². The summed E-state index contributed by atoms with van der Waals surface area (Å²) < 4.78 is 20.2. The van der Waals surface area contributed by atoms with Crippen LogP contribution in [0.25, 0.3) is 5.76 Å². The van der Waals surface area contributed by atoms with Crippen molar-refractivity contribution in [2.45, 2.75) is 16.1 Å². The maximum atomic E-state index is 13.6. The summed E-state index contributed by atoms with van der Waals surface area (Å²) in [5.41, 5.74) is 1.45. The van der Waals surface area contributed by atoms with Crippen molar-refractivity contribution >= 4 is 57.3 Å². The van der Waals surface area contributed by atoms with E-state index in [1.54, 1.807) is 42.5 Å². The molecule has 11 heteroatoms. The summed E-state index contributed by atoms with van der Waals surface area (Å²) in [5, 5.41) is 20.6. The quantitative estimate of drug-likeness (QED) is 0.0610. The van der Waals surface area contributed by atoms with E-state index in [1.807, 2.05) is 36.4 Å². The Balaban J connectivity index is 1.40. The summed E-state index contributed by atoms with van der Waals surface area (Å²) in [7, 11) is 0. The molecule has 0 aliphatic carbocycles. The number of rotatable bonds is 8. The van der Waals surface area contributed by atoms with Gasteiger partial charge >= 0.3 is 5.91 Å². The molecule has 0 radical (unpaired) electrons. The van der Waals surface area contributed by atoms with Crippen molar-refractivity contribution < 1.29 is 23.8 Å². The normalized spacial score (nSPS) is 16.0. The van der Waals surface area contributed by atoms with Gasteiger partial charge in [0, 0.05) is 16.3 Å². The molecule has 1 fully saturated rings. The number of ketones is 1. The highest BCUT2D eigenvalue weighted by atomic mass is 35.5. The Morgan fingerprint density at radius 2 is 1.65 bits per heavy atom. The van der Waals surface area contributed by atoms with Crippen LogP contribution >= 0.6 is 34.7 Å². The van der Waals surface area contributed by atoms with Crippen LogP contribution in [0.1, 0.15) is 22.7 Å². The molecule has 214 valence electrons. The van der Waals surface area contributed by atoms with E-state index >= 15 is 0 Å². The zero-order valence-corrected chi connectivity index (χ0v) is 24.6. The van der Waals surface area contributed by atoms with Gasteiger partial charge in [-0.25, -0.2) is 4.39 Å². The molecule has 1 aromatic heterocycles. The second-order valence-electron chi connectivity index (χ2n) is 9.39. The number of hydrogen-bond donors (Lipinski definition) is 1. The van der Waals surface area contributed by atoms with Crippen LogP contribution in [-0.4, -0.2) is 27.0 Å². The molecule has 0 saturated carbocycles. The number of nitrogens with zero attached hydrogens (tertiary/aromatic N) is 3. The minimum absolute atomic E-state index is 0.158. The summed E-state index contributed by atoms with van der Waals surface area (Å²) in [4.78, 5) is 28.3. The van der Waals surface area contributed by atoms with E-state index < -0.39 is 29.3 Å². The molecule has 43 heavy (non-hydrogen) atoms. The van der Waals surface area contributed by atoms with Crippen LogP contribution in [-0.2, 0) is 15.3 Å². The van der Waals surface area contributed by atoms with Crippen molar-refractivity contribution in [3.8, 4) is 11.5 Å². The molecule has 2 heterocycles. The van der Waals surface area contributed by atoms with Gasteiger partial charge < -0.3 is 9.84 Å². The number of benzene rings is 4. The smallest absolute Gasteiger partial charge is 0.301 e. The number of anilines is 1. The molecule has 1 atom stereocenters. The average molecular weight is 630 g/mol. The highest BCUT2D eigenvalue weighted by Gasteiger charge is 2.48. The number of halogens is 2. The number of aliphatic hydroxyl groups is 1. The zero-order chi connectivity index (χ0) is 29.9. The molecule has 7 nitrogen and oxygen atoms in total. The van der Waals surface area contributed by atoms with Gasteiger partial charge in [0.1, 0.15) is 23.1 Å². The lowest BCUT2D eigenvalue weighted by atomic mass is 9.95. The molecule has 1 aliphatic heterocycles. The van der Waals surface area contributed by atoms with E-state index in [0.717, 1.165) is 16.9 Å². The van der Waals surface area contributed by atoms with Gasteiger partial charge in [0.15, 0.2) is 4.34 Å². The lowest BCUT2D eigenvalue weighted by Crippen LogP contribution is -2.29. The first-order valence-corrected chi connectivity index (χ1v) is 15.2. The van der Waals surface area contributed by atoms with Crippen LogP contribution in [0, 0.1) is 5.82 Å². The molecule has 1 aliphatic rings. The largest absolute Gasteiger partial charge is 0.507 e. The highest BCUT2D eigenvalue weighted by Crippen LogP contribution is 2.45. The number of para-hydroxylation sites is 1. The van der Waals surface area contributed by atoms with E-state index in [0.29, 0.717) is 32.2 Å². The van der Waals surface area contributed by atoms with Crippen molar-refractivity contribution in [1.29, 1.82) is 0 Å². The van der Waals surface area contributed by atoms with E-state index in [9.17, 15) is 19.1 Å². The van der Waals surface area contributed by atoms with Gasteiger partial charge in [-0.2, -0.15) is 0 Å². The Kier molecular flexibility index (Phi) is 8.24. The fraction of sp³-hybridized carbons (Fsp3) is 0.0625. The summed E-state index contributed by atoms with van der Waals surface area (Å²) in [5.74, 6) is -1.12. The third-order valence-electron chi connectivity index (χ3n) is 6.63. The van der Waals surface area contributed by atoms with Crippen LogP contribution in [0.15, 0.2) is 113 Å². The van der Waals surface area contributed by atoms with E-state index in [-0.39, 0.29) is 16.3 Å². The summed E-state index contributed by atoms with van der Waals surface area (Å²) >= 11 is 8.83. The summed E-state index contributed by atoms with van der Waals surface area (Å²) in [6.45, 7) is 0. The number of aromatic nitrogens is 2. The summed E-state index contributed by atoms with van der Waals surface area (Å²) in [6.07, 6.45) is 0. The molecule has 1 N–H and O–H groups in total. The second kappa shape index (κ2) is 12.4. The minimum Gasteiger partial charge on any atom is -0.507 e. The maximum absolute atomic E-state index is 13.6. The van der Waals surface area contributed by atoms with Crippen LogP contribution in [0.3, 0.4) is 0 Å². The Bertz CT molecular complexity index is 1850. The molecule has 1 amide bonds. The standard InChI is InChI=1S/C32H21ClFN3O4S2/c33-25-12-5-4-7-21(25)18-42-32-36-35-31(43-32)37-27(20-8-6-11-24(17-20)41-23-9-2-1-3-10-23)26(29(39)30(37)40)28(38)19-13-15-22(34)16-14-19/h1-17,27,38H,18H2/b28-26-. The predicted molar refractivity (Wildman–Crippen MR) is 165 cm³/mol. The van der Waals surface area contributed by atoms with E-state index in [4.69, 9.17) is 16.3 Å². The topological polar surface area (TPSA) is 92.6 Å². The fourth-order valence-corrected chi connectivity index (χ4v) is 6.75. The van der Waals surface area contributed by atoms with Gasteiger partial charge in [0.25, 0.3) is 5.78 Å². The maximum Gasteiger partial charge on any atom is 0.301 e. The highest BCUT2D eigenvalue weighted by molar-refractivity contribution is 8.00. The van der Waals surface area contributed by atoms with Gasteiger partial charge in [0.2, 0.25) is 5.13 Å². The Morgan fingerprint density at radius 3 is 2.42 bits per heavy atom.